The van der Waals surface area contributed by atoms with E-state index in [1.165, 1.54) is 4.90 Å². The van der Waals surface area contributed by atoms with Gasteiger partial charge in [0.1, 0.15) is 6.04 Å². The second kappa shape index (κ2) is 5.44. The van der Waals surface area contributed by atoms with Gasteiger partial charge in [0.05, 0.1) is 6.42 Å². The summed E-state index contributed by atoms with van der Waals surface area (Å²) in [5.41, 5.74) is 1.32. The number of carbonyl (C=O) groups excluding carboxylic acids is 1. The molecule has 2 N–H and O–H groups in total. The number of amides is 1. The number of aromatic nitrogens is 2. The Balaban J connectivity index is 2.20. The standard InChI is InChI=1S/C13H17N3O4/c1-7-9(8(2)15-13(20)14-7)6-11(17)16-5-3-4-10(16)12(18)19/h10H,3-6H2,1-2H3,(H,18,19)(H,14,15,20). The second-order valence-electron chi connectivity index (χ2n) is 4.99. The van der Waals surface area contributed by atoms with Crippen LogP contribution in [0.5, 0.6) is 0 Å². The number of rotatable bonds is 3. The molecule has 1 aliphatic heterocycles. The molecule has 1 atom stereocenters. The van der Waals surface area contributed by atoms with Crippen LogP contribution in [0.15, 0.2) is 4.79 Å². The van der Waals surface area contributed by atoms with Crippen LogP contribution in [0.1, 0.15) is 29.8 Å². The minimum Gasteiger partial charge on any atom is -0.480 e. The number of H-pyrrole nitrogens is 1. The van der Waals surface area contributed by atoms with E-state index in [9.17, 15) is 14.4 Å². The summed E-state index contributed by atoms with van der Waals surface area (Å²) in [6, 6.07) is -0.737. The van der Waals surface area contributed by atoms with Crippen LogP contribution >= 0.6 is 0 Å². The van der Waals surface area contributed by atoms with Crippen molar-refractivity contribution in [1.82, 2.24) is 14.9 Å². The Morgan fingerprint density at radius 3 is 2.75 bits per heavy atom. The third-order valence-electron chi connectivity index (χ3n) is 3.64. The maximum atomic E-state index is 12.3. The maximum Gasteiger partial charge on any atom is 0.345 e. The van der Waals surface area contributed by atoms with Gasteiger partial charge in [0.15, 0.2) is 0 Å². The first kappa shape index (κ1) is 14.2. The van der Waals surface area contributed by atoms with E-state index < -0.39 is 17.7 Å². The van der Waals surface area contributed by atoms with Crippen molar-refractivity contribution in [3.63, 3.8) is 0 Å². The number of carboxylic acid groups (broad SMARTS) is 1. The fraction of sp³-hybridized carbons (Fsp3) is 0.538. The van der Waals surface area contributed by atoms with Crippen molar-refractivity contribution in [3.8, 4) is 0 Å². The van der Waals surface area contributed by atoms with E-state index in [1.54, 1.807) is 13.8 Å². The molecule has 108 valence electrons. The van der Waals surface area contributed by atoms with Crippen LogP contribution in [-0.2, 0) is 16.0 Å². The number of carbonyl (C=O) groups is 2. The van der Waals surface area contributed by atoms with Crippen LogP contribution in [0.4, 0.5) is 0 Å². The number of aromatic amines is 1. The predicted molar refractivity (Wildman–Crippen MR) is 70.4 cm³/mol. The average Bonchev–Trinajstić information content (AvgIpc) is 2.82. The summed E-state index contributed by atoms with van der Waals surface area (Å²) in [7, 11) is 0. The molecule has 1 fully saturated rings. The Morgan fingerprint density at radius 1 is 1.45 bits per heavy atom. The molecule has 1 saturated heterocycles. The van der Waals surface area contributed by atoms with E-state index in [4.69, 9.17) is 5.11 Å². The van der Waals surface area contributed by atoms with Crippen molar-refractivity contribution in [2.45, 2.75) is 39.2 Å². The van der Waals surface area contributed by atoms with E-state index >= 15 is 0 Å². The number of nitrogens with one attached hydrogen (secondary N) is 1. The molecule has 20 heavy (non-hydrogen) atoms. The Labute approximate surface area is 115 Å². The molecule has 0 aliphatic carbocycles. The summed E-state index contributed by atoms with van der Waals surface area (Å²) in [6.45, 7) is 3.84. The summed E-state index contributed by atoms with van der Waals surface area (Å²) in [4.78, 5) is 42.3. The highest BCUT2D eigenvalue weighted by Gasteiger charge is 2.34. The van der Waals surface area contributed by atoms with Crippen LogP contribution in [0.2, 0.25) is 0 Å². The van der Waals surface area contributed by atoms with Gasteiger partial charge in [-0.1, -0.05) is 0 Å². The van der Waals surface area contributed by atoms with E-state index in [-0.39, 0.29) is 12.3 Å². The quantitative estimate of drug-likeness (QED) is 0.811. The molecule has 0 saturated carbocycles. The smallest absolute Gasteiger partial charge is 0.345 e. The molecule has 7 nitrogen and oxygen atoms in total. The van der Waals surface area contributed by atoms with Gasteiger partial charge in [-0.3, -0.25) is 4.79 Å². The molecule has 7 heteroatoms. The molecule has 0 radical (unpaired) electrons. The van der Waals surface area contributed by atoms with Crippen LogP contribution < -0.4 is 5.69 Å². The van der Waals surface area contributed by atoms with Crippen molar-refractivity contribution >= 4 is 11.9 Å². The summed E-state index contributed by atoms with van der Waals surface area (Å²) < 4.78 is 0. The maximum absolute atomic E-state index is 12.3. The molecule has 0 spiro atoms. The summed E-state index contributed by atoms with van der Waals surface area (Å²) >= 11 is 0. The lowest BCUT2D eigenvalue weighted by molar-refractivity contribution is -0.148. The molecule has 1 aromatic rings. The Bertz CT molecular complexity index is 582. The van der Waals surface area contributed by atoms with Crippen molar-refractivity contribution < 1.29 is 14.7 Å². The van der Waals surface area contributed by atoms with E-state index in [0.717, 1.165) is 0 Å². The van der Waals surface area contributed by atoms with E-state index in [1.807, 2.05) is 0 Å². The number of carboxylic acids is 1. The Kier molecular flexibility index (Phi) is 3.87. The van der Waals surface area contributed by atoms with Gasteiger partial charge in [0, 0.05) is 23.5 Å². The predicted octanol–water partition coefficient (Wildman–Crippen LogP) is 0.00484. The molecule has 0 bridgehead atoms. The number of aliphatic carboxylic acids is 1. The van der Waals surface area contributed by atoms with Gasteiger partial charge in [-0.25, -0.2) is 9.59 Å². The number of likely N-dealkylation sites (tertiary alicyclic amines) is 1. The molecule has 0 aromatic carbocycles. The normalized spacial score (nSPS) is 18.3. The number of aryl methyl sites for hydroxylation is 2. The fourth-order valence-corrected chi connectivity index (χ4v) is 2.59. The monoisotopic (exact) mass is 279 g/mol. The lowest BCUT2D eigenvalue weighted by Crippen LogP contribution is -2.41. The number of nitrogens with zero attached hydrogens (tertiary/aromatic N) is 2. The van der Waals surface area contributed by atoms with Crippen molar-refractivity contribution in [2.24, 2.45) is 0 Å². The van der Waals surface area contributed by atoms with E-state index in [2.05, 4.69) is 9.97 Å². The first-order chi connectivity index (χ1) is 9.40. The molecule has 1 amide bonds. The minimum absolute atomic E-state index is 0.0607. The van der Waals surface area contributed by atoms with Crippen LogP contribution in [0, 0.1) is 13.8 Å². The second-order valence-corrected chi connectivity index (χ2v) is 4.99. The minimum atomic E-state index is -0.969. The van der Waals surface area contributed by atoms with E-state index in [0.29, 0.717) is 36.3 Å². The third kappa shape index (κ3) is 2.71. The zero-order chi connectivity index (χ0) is 14.9. The topological polar surface area (TPSA) is 103 Å². The SMILES string of the molecule is Cc1nc(=O)[nH]c(C)c1CC(=O)N1CCCC1C(=O)O. The molecule has 1 unspecified atom stereocenters. The van der Waals surface area contributed by atoms with Crippen LogP contribution in [-0.4, -0.2) is 44.4 Å². The van der Waals surface area contributed by atoms with Gasteiger partial charge in [-0.2, -0.15) is 4.98 Å². The highest BCUT2D eigenvalue weighted by Crippen LogP contribution is 2.19. The number of hydrogen-bond donors (Lipinski definition) is 2. The van der Waals surface area contributed by atoms with Crippen LogP contribution in [0.3, 0.4) is 0 Å². The largest absolute Gasteiger partial charge is 0.480 e. The first-order valence-electron chi connectivity index (χ1n) is 6.49. The van der Waals surface area contributed by atoms with Crippen molar-refractivity contribution in [1.29, 1.82) is 0 Å². The Morgan fingerprint density at radius 2 is 2.15 bits per heavy atom. The van der Waals surface area contributed by atoms with Crippen LogP contribution in [0.25, 0.3) is 0 Å². The average molecular weight is 279 g/mol. The van der Waals surface area contributed by atoms with Gasteiger partial charge in [-0.05, 0) is 26.7 Å². The molecular formula is C13H17N3O4. The molecule has 1 aromatic heterocycles. The van der Waals surface area contributed by atoms with Gasteiger partial charge in [0.25, 0.3) is 0 Å². The third-order valence-corrected chi connectivity index (χ3v) is 3.64. The van der Waals surface area contributed by atoms with Crippen molar-refractivity contribution in [3.05, 3.63) is 27.4 Å². The molecule has 2 heterocycles. The van der Waals surface area contributed by atoms with Gasteiger partial charge >= 0.3 is 11.7 Å². The zero-order valence-electron chi connectivity index (χ0n) is 11.5. The highest BCUT2D eigenvalue weighted by atomic mass is 16.4. The molecule has 2 rings (SSSR count). The summed E-state index contributed by atoms with van der Waals surface area (Å²) in [5, 5.41) is 9.09. The summed E-state index contributed by atoms with van der Waals surface area (Å²) in [6.07, 6.45) is 1.25. The van der Waals surface area contributed by atoms with Gasteiger partial charge in [-0.15, -0.1) is 0 Å². The summed E-state index contributed by atoms with van der Waals surface area (Å²) in [5.74, 6) is -1.21. The Hall–Kier alpha value is -2.18. The van der Waals surface area contributed by atoms with Gasteiger partial charge < -0.3 is 15.0 Å². The first-order valence-corrected chi connectivity index (χ1v) is 6.49. The van der Waals surface area contributed by atoms with Crippen molar-refractivity contribution in [2.75, 3.05) is 6.54 Å². The zero-order valence-corrected chi connectivity index (χ0v) is 11.5. The molecular weight excluding hydrogens is 262 g/mol. The number of hydrogen-bond acceptors (Lipinski definition) is 4. The highest BCUT2D eigenvalue weighted by molar-refractivity contribution is 5.85. The lowest BCUT2D eigenvalue weighted by Gasteiger charge is -2.22. The lowest BCUT2D eigenvalue weighted by atomic mass is 10.1. The molecule has 1 aliphatic rings. The fourth-order valence-electron chi connectivity index (χ4n) is 2.59. The van der Waals surface area contributed by atoms with Gasteiger partial charge in [0.2, 0.25) is 5.91 Å².